The van der Waals surface area contributed by atoms with E-state index in [2.05, 4.69) is 52.0 Å². The van der Waals surface area contributed by atoms with Crippen LogP contribution in [0.5, 0.6) is 0 Å². The summed E-state index contributed by atoms with van der Waals surface area (Å²) in [6.07, 6.45) is 1.05. The van der Waals surface area contributed by atoms with E-state index in [4.69, 9.17) is 5.73 Å². The molecular weight excluding hydrogens is 182 g/mol. The van der Waals surface area contributed by atoms with Crippen molar-refractivity contribution in [3.8, 4) is 0 Å². The summed E-state index contributed by atoms with van der Waals surface area (Å²) in [5.41, 5.74) is 7.78. The smallest absolute Gasteiger partial charge is 0.0297 e. The molecule has 2 N–H and O–H groups in total. The first-order valence-corrected chi connectivity index (χ1v) is 5.72. The van der Waals surface area contributed by atoms with Crippen molar-refractivity contribution < 1.29 is 0 Å². The molecule has 0 heterocycles. The molecule has 1 aromatic rings. The monoisotopic (exact) mass is 205 g/mol. The fraction of sp³-hybridized carbons (Fsp3) is 0.571. The van der Waals surface area contributed by atoms with E-state index in [9.17, 15) is 0 Å². The summed E-state index contributed by atoms with van der Waals surface area (Å²) in [5.74, 6) is 0.632. The van der Waals surface area contributed by atoms with Crippen molar-refractivity contribution in [2.75, 3.05) is 0 Å². The van der Waals surface area contributed by atoms with Gasteiger partial charge in [-0.25, -0.2) is 0 Å². The second-order valence-electron chi connectivity index (χ2n) is 5.52. The largest absolute Gasteiger partial charge is 0.324 e. The first-order valence-electron chi connectivity index (χ1n) is 5.72. The Balaban J connectivity index is 2.61. The lowest BCUT2D eigenvalue weighted by atomic mass is 9.78. The van der Waals surface area contributed by atoms with Gasteiger partial charge in [-0.15, -0.1) is 0 Å². The van der Waals surface area contributed by atoms with Crippen molar-refractivity contribution in [3.05, 3.63) is 35.9 Å². The van der Waals surface area contributed by atoms with Crippen LogP contribution < -0.4 is 5.73 Å². The Labute approximate surface area is 93.7 Å². The van der Waals surface area contributed by atoms with Gasteiger partial charge in [-0.2, -0.15) is 0 Å². The highest BCUT2D eigenvalue weighted by atomic mass is 14.6. The highest BCUT2D eigenvalue weighted by molar-refractivity contribution is 5.18. The second kappa shape index (κ2) is 4.80. The van der Waals surface area contributed by atoms with Crippen LogP contribution >= 0.6 is 0 Å². The standard InChI is InChI=1S/C14H23N/c1-11(14(2,3)4)10-13(15)12-8-6-5-7-9-12/h5-9,11,13H,10,15H2,1-4H3. The van der Waals surface area contributed by atoms with Gasteiger partial charge in [0, 0.05) is 6.04 Å². The zero-order valence-corrected chi connectivity index (χ0v) is 10.3. The van der Waals surface area contributed by atoms with Crippen LogP contribution in [0.2, 0.25) is 0 Å². The highest BCUT2D eigenvalue weighted by Gasteiger charge is 2.22. The van der Waals surface area contributed by atoms with Crippen molar-refractivity contribution in [2.45, 2.75) is 40.2 Å². The van der Waals surface area contributed by atoms with Crippen molar-refractivity contribution in [2.24, 2.45) is 17.1 Å². The van der Waals surface area contributed by atoms with Crippen LogP contribution in [0.15, 0.2) is 30.3 Å². The van der Waals surface area contributed by atoms with Gasteiger partial charge >= 0.3 is 0 Å². The van der Waals surface area contributed by atoms with Gasteiger partial charge in [0.25, 0.3) is 0 Å². The predicted molar refractivity (Wildman–Crippen MR) is 66.6 cm³/mol. The molecule has 1 nitrogen and oxygen atoms in total. The maximum absolute atomic E-state index is 6.19. The van der Waals surface area contributed by atoms with Gasteiger partial charge in [-0.1, -0.05) is 58.0 Å². The highest BCUT2D eigenvalue weighted by Crippen LogP contribution is 2.32. The Morgan fingerprint density at radius 2 is 1.67 bits per heavy atom. The Kier molecular flexibility index (Phi) is 3.92. The summed E-state index contributed by atoms with van der Waals surface area (Å²) >= 11 is 0. The van der Waals surface area contributed by atoms with E-state index in [1.807, 2.05) is 6.07 Å². The molecule has 1 aromatic carbocycles. The molecule has 1 heteroatoms. The van der Waals surface area contributed by atoms with Crippen LogP contribution in [0.1, 0.15) is 45.7 Å². The molecule has 0 aromatic heterocycles. The number of hydrogen-bond donors (Lipinski definition) is 1. The third-order valence-corrected chi connectivity index (χ3v) is 3.31. The maximum atomic E-state index is 6.19. The Bertz CT molecular complexity index is 284. The van der Waals surface area contributed by atoms with E-state index < -0.39 is 0 Å². The van der Waals surface area contributed by atoms with Gasteiger partial charge in [0.1, 0.15) is 0 Å². The summed E-state index contributed by atoms with van der Waals surface area (Å²) in [6.45, 7) is 9.10. The normalized spacial score (nSPS) is 16.1. The number of hydrogen-bond acceptors (Lipinski definition) is 1. The van der Waals surface area contributed by atoms with Crippen molar-refractivity contribution >= 4 is 0 Å². The van der Waals surface area contributed by atoms with Crippen LogP contribution in [0.3, 0.4) is 0 Å². The molecule has 0 aliphatic carbocycles. The summed E-state index contributed by atoms with van der Waals surface area (Å²) < 4.78 is 0. The average Bonchev–Trinajstić information content (AvgIpc) is 2.17. The summed E-state index contributed by atoms with van der Waals surface area (Å²) in [5, 5.41) is 0. The van der Waals surface area contributed by atoms with Gasteiger partial charge in [0.05, 0.1) is 0 Å². The lowest BCUT2D eigenvalue weighted by Gasteiger charge is -2.29. The predicted octanol–water partition coefficient (Wildman–Crippen LogP) is 3.76. The van der Waals surface area contributed by atoms with E-state index in [-0.39, 0.29) is 6.04 Å². The molecule has 0 spiro atoms. The Hall–Kier alpha value is -0.820. The van der Waals surface area contributed by atoms with Gasteiger partial charge in [-0.05, 0) is 23.3 Å². The summed E-state index contributed by atoms with van der Waals surface area (Å²) in [7, 11) is 0. The minimum atomic E-state index is 0.167. The lowest BCUT2D eigenvalue weighted by molar-refractivity contribution is 0.234. The quantitative estimate of drug-likeness (QED) is 0.799. The van der Waals surface area contributed by atoms with E-state index >= 15 is 0 Å². The molecule has 2 unspecified atom stereocenters. The summed E-state index contributed by atoms with van der Waals surface area (Å²) in [4.78, 5) is 0. The first-order chi connectivity index (χ1) is 6.91. The van der Waals surface area contributed by atoms with Crippen LogP contribution in [0.25, 0.3) is 0 Å². The molecule has 0 aliphatic rings. The van der Waals surface area contributed by atoms with Crippen LogP contribution in [0, 0.1) is 11.3 Å². The SMILES string of the molecule is CC(CC(N)c1ccccc1)C(C)(C)C. The van der Waals surface area contributed by atoms with Crippen LogP contribution in [-0.2, 0) is 0 Å². The third-order valence-electron chi connectivity index (χ3n) is 3.31. The summed E-state index contributed by atoms with van der Waals surface area (Å²) in [6, 6.07) is 10.5. The number of nitrogens with two attached hydrogens (primary N) is 1. The third kappa shape index (κ3) is 3.67. The van der Waals surface area contributed by atoms with Crippen molar-refractivity contribution in [3.63, 3.8) is 0 Å². The molecule has 0 radical (unpaired) electrons. The number of benzene rings is 1. The van der Waals surface area contributed by atoms with Crippen LogP contribution in [0.4, 0.5) is 0 Å². The fourth-order valence-corrected chi connectivity index (χ4v) is 1.57. The maximum Gasteiger partial charge on any atom is 0.0297 e. The number of rotatable bonds is 3. The van der Waals surface area contributed by atoms with Crippen molar-refractivity contribution in [1.82, 2.24) is 0 Å². The molecule has 0 aliphatic heterocycles. The van der Waals surface area contributed by atoms with Gasteiger partial charge in [0.15, 0.2) is 0 Å². The van der Waals surface area contributed by atoms with E-state index in [1.165, 1.54) is 5.56 Å². The molecule has 15 heavy (non-hydrogen) atoms. The zero-order valence-electron chi connectivity index (χ0n) is 10.3. The van der Waals surface area contributed by atoms with E-state index in [0.717, 1.165) is 6.42 Å². The molecule has 0 amide bonds. The molecular formula is C14H23N. The Morgan fingerprint density at radius 1 is 1.13 bits per heavy atom. The minimum absolute atomic E-state index is 0.167. The van der Waals surface area contributed by atoms with Gasteiger partial charge < -0.3 is 5.73 Å². The topological polar surface area (TPSA) is 26.0 Å². The first kappa shape index (κ1) is 12.3. The van der Waals surface area contributed by atoms with E-state index in [1.54, 1.807) is 0 Å². The second-order valence-corrected chi connectivity index (χ2v) is 5.52. The molecule has 0 fully saturated rings. The molecule has 0 saturated carbocycles. The molecule has 0 saturated heterocycles. The van der Waals surface area contributed by atoms with E-state index in [0.29, 0.717) is 11.3 Å². The molecule has 2 atom stereocenters. The average molecular weight is 205 g/mol. The molecule has 84 valence electrons. The minimum Gasteiger partial charge on any atom is -0.324 e. The Morgan fingerprint density at radius 3 is 2.13 bits per heavy atom. The van der Waals surface area contributed by atoms with Gasteiger partial charge in [-0.3, -0.25) is 0 Å². The van der Waals surface area contributed by atoms with Crippen molar-refractivity contribution in [1.29, 1.82) is 0 Å². The molecule has 1 rings (SSSR count). The fourth-order valence-electron chi connectivity index (χ4n) is 1.57. The molecule has 0 bridgehead atoms. The zero-order chi connectivity index (χ0) is 11.5. The van der Waals surface area contributed by atoms with Gasteiger partial charge in [0.2, 0.25) is 0 Å². The lowest BCUT2D eigenvalue weighted by Crippen LogP contribution is -2.23. The van der Waals surface area contributed by atoms with Crippen LogP contribution in [-0.4, -0.2) is 0 Å².